The quantitative estimate of drug-likeness (QED) is 0.449. The number of amides is 1. The summed E-state index contributed by atoms with van der Waals surface area (Å²) in [5, 5.41) is 2.40. The maximum absolute atomic E-state index is 11.6. The highest BCUT2D eigenvalue weighted by Gasteiger charge is 2.27. The van der Waals surface area contributed by atoms with Crippen LogP contribution in [0.2, 0.25) is 0 Å². The lowest BCUT2D eigenvalue weighted by Crippen LogP contribution is -2.13. The Labute approximate surface area is 99.1 Å². The summed E-state index contributed by atoms with van der Waals surface area (Å²) in [6.07, 6.45) is -2.84. The molecule has 3 nitrogen and oxygen atoms in total. The lowest BCUT2D eigenvalue weighted by atomic mass is 10.0. The second-order valence-corrected chi connectivity index (χ2v) is 3.48. The van der Waals surface area contributed by atoms with Gasteiger partial charge in [0.25, 0.3) is 0 Å². The Morgan fingerprint density at radius 1 is 1.47 bits per heavy atom. The molecular weight excluding hydrogens is 235 g/mol. The highest BCUT2D eigenvalue weighted by Crippen LogP contribution is 2.24. The molecule has 1 N–H and O–H groups in total. The van der Waals surface area contributed by atoms with Crippen molar-refractivity contribution in [1.82, 2.24) is 5.32 Å². The standard InChI is InChI=1S/C7H11F3O.C4H7NO/c1-5(6(2)11)3-4-7(8,9)10;1-2-3-5-4-6/h5H,3-4H2,1-2H3;2,4H,1,3H2,(H,5,6). The Balaban J connectivity index is 0. The van der Waals surface area contributed by atoms with Gasteiger partial charge in [-0.15, -0.1) is 6.58 Å². The van der Waals surface area contributed by atoms with Crippen molar-refractivity contribution in [2.75, 3.05) is 6.54 Å². The van der Waals surface area contributed by atoms with Crippen molar-refractivity contribution < 1.29 is 22.8 Å². The minimum absolute atomic E-state index is 0.0984. The van der Waals surface area contributed by atoms with Crippen molar-refractivity contribution in [1.29, 1.82) is 0 Å². The van der Waals surface area contributed by atoms with Crippen LogP contribution in [-0.4, -0.2) is 24.9 Å². The van der Waals surface area contributed by atoms with Crippen LogP contribution in [0.15, 0.2) is 12.7 Å². The molecule has 1 unspecified atom stereocenters. The molecule has 0 aromatic heterocycles. The average molecular weight is 253 g/mol. The van der Waals surface area contributed by atoms with E-state index in [9.17, 15) is 22.8 Å². The molecule has 0 aliphatic heterocycles. The van der Waals surface area contributed by atoms with Gasteiger partial charge in [-0.25, -0.2) is 0 Å². The van der Waals surface area contributed by atoms with Gasteiger partial charge in [-0.1, -0.05) is 13.0 Å². The van der Waals surface area contributed by atoms with Gasteiger partial charge in [0.05, 0.1) is 0 Å². The molecule has 0 aliphatic rings. The molecule has 0 rings (SSSR count). The molecule has 0 bridgehead atoms. The first kappa shape index (κ1) is 18.0. The number of rotatable bonds is 6. The summed E-state index contributed by atoms with van der Waals surface area (Å²) in [7, 11) is 0. The van der Waals surface area contributed by atoms with Crippen molar-refractivity contribution in [3.8, 4) is 0 Å². The predicted molar refractivity (Wildman–Crippen MR) is 59.4 cm³/mol. The topological polar surface area (TPSA) is 46.2 Å². The fraction of sp³-hybridized carbons (Fsp3) is 0.636. The summed E-state index contributed by atoms with van der Waals surface area (Å²) in [6.45, 7) is 6.75. The first-order chi connectivity index (χ1) is 7.74. The van der Waals surface area contributed by atoms with E-state index >= 15 is 0 Å². The van der Waals surface area contributed by atoms with E-state index in [1.54, 1.807) is 6.08 Å². The monoisotopic (exact) mass is 253 g/mol. The van der Waals surface area contributed by atoms with E-state index in [0.29, 0.717) is 13.0 Å². The number of Topliss-reactive ketones (excluding diaryl/α,β-unsaturated/α-hetero) is 1. The van der Waals surface area contributed by atoms with Gasteiger partial charge in [-0.3, -0.25) is 9.59 Å². The predicted octanol–water partition coefficient (Wildman–Crippen LogP) is 2.47. The molecule has 0 fully saturated rings. The van der Waals surface area contributed by atoms with Crippen LogP contribution in [0.25, 0.3) is 0 Å². The maximum Gasteiger partial charge on any atom is 0.389 e. The summed E-state index contributed by atoms with van der Waals surface area (Å²) >= 11 is 0. The zero-order valence-electron chi connectivity index (χ0n) is 10.0. The molecule has 0 heterocycles. The van der Waals surface area contributed by atoms with Crippen LogP contribution in [-0.2, 0) is 9.59 Å². The van der Waals surface area contributed by atoms with Crippen molar-refractivity contribution in [2.24, 2.45) is 5.92 Å². The van der Waals surface area contributed by atoms with Crippen molar-refractivity contribution in [2.45, 2.75) is 32.9 Å². The summed E-state index contributed by atoms with van der Waals surface area (Å²) < 4.78 is 34.7. The van der Waals surface area contributed by atoms with E-state index in [-0.39, 0.29) is 12.2 Å². The number of carbonyl (C=O) groups is 2. The maximum atomic E-state index is 11.6. The minimum atomic E-state index is -4.14. The van der Waals surface area contributed by atoms with Gasteiger partial charge in [0.15, 0.2) is 0 Å². The van der Waals surface area contributed by atoms with Crippen LogP contribution in [0.4, 0.5) is 13.2 Å². The zero-order chi connectivity index (χ0) is 13.9. The molecule has 1 atom stereocenters. The van der Waals surface area contributed by atoms with E-state index in [1.807, 2.05) is 0 Å². The van der Waals surface area contributed by atoms with Crippen LogP contribution in [0.3, 0.4) is 0 Å². The number of halogens is 3. The van der Waals surface area contributed by atoms with E-state index in [4.69, 9.17) is 0 Å². The van der Waals surface area contributed by atoms with Crippen LogP contribution >= 0.6 is 0 Å². The molecule has 0 aromatic carbocycles. The Morgan fingerprint density at radius 2 is 2.00 bits per heavy atom. The SMILES string of the molecule is C=CCNC=O.CC(=O)C(C)CCC(F)(F)F. The van der Waals surface area contributed by atoms with Crippen molar-refractivity contribution >= 4 is 12.2 Å². The molecule has 0 radical (unpaired) electrons. The summed E-state index contributed by atoms with van der Waals surface area (Å²) in [6, 6.07) is 0. The van der Waals surface area contributed by atoms with Crippen LogP contribution in [0.5, 0.6) is 0 Å². The molecule has 0 aromatic rings. The number of hydrogen-bond donors (Lipinski definition) is 1. The largest absolute Gasteiger partial charge is 0.389 e. The van der Waals surface area contributed by atoms with Gasteiger partial charge in [-0.2, -0.15) is 13.2 Å². The number of ketones is 1. The molecule has 100 valence electrons. The van der Waals surface area contributed by atoms with E-state index in [2.05, 4.69) is 11.9 Å². The molecule has 0 aliphatic carbocycles. The van der Waals surface area contributed by atoms with Gasteiger partial charge in [0, 0.05) is 18.9 Å². The zero-order valence-corrected chi connectivity index (χ0v) is 10.0. The highest BCUT2D eigenvalue weighted by molar-refractivity contribution is 5.77. The summed E-state index contributed by atoms with van der Waals surface area (Å²) in [5.41, 5.74) is 0. The summed E-state index contributed by atoms with van der Waals surface area (Å²) in [4.78, 5) is 19.9. The first-order valence-corrected chi connectivity index (χ1v) is 5.09. The average Bonchev–Trinajstić information content (AvgIpc) is 2.22. The second kappa shape index (κ2) is 9.86. The third-order valence-corrected chi connectivity index (χ3v) is 1.90. The fourth-order valence-corrected chi connectivity index (χ4v) is 0.715. The van der Waals surface area contributed by atoms with Crippen LogP contribution in [0.1, 0.15) is 26.7 Å². The molecule has 0 saturated heterocycles. The minimum Gasteiger partial charge on any atom is -0.355 e. The molecule has 1 amide bonds. The molecule has 6 heteroatoms. The molecular formula is C11H18F3NO2. The second-order valence-electron chi connectivity index (χ2n) is 3.48. The molecule has 0 spiro atoms. The van der Waals surface area contributed by atoms with E-state index < -0.39 is 18.5 Å². The van der Waals surface area contributed by atoms with Crippen molar-refractivity contribution in [3.05, 3.63) is 12.7 Å². The van der Waals surface area contributed by atoms with Crippen LogP contribution < -0.4 is 5.32 Å². The van der Waals surface area contributed by atoms with Gasteiger partial charge in [0.1, 0.15) is 5.78 Å². The third-order valence-electron chi connectivity index (χ3n) is 1.90. The molecule has 17 heavy (non-hydrogen) atoms. The van der Waals surface area contributed by atoms with Gasteiger partial charge < -0.3 is 5.32 Å². The fourth-order valence-electron chi connectivity index (χ4n) is 0.715. The van der Waals surface area contributed by atoms with Gasteiger partial charge in [0.2, 0.25) is 6.41 Å². The molecule has 0 saturated carbocycles. The lowest BCUT2D eigenvalue weighted by molar-refractivity contribution is -0.139. The number of carbonyl (C=O) groups excluding carboxylic acids is 2. The van der Waals surface area contributed by atoms with Crippen LogP contribution in [0, 0.1) is 5.92 Å². The number of nitrogens with one attached hydrogen (secondary N) is 1. The highest BCUT2D eigenvalue weighted by atomic mass is 19.4. The van der Waals surface area contributed by atoms with Crippen molar-refractivity contribution in [3.63, 3.8) is 0 Å². The third kappa shape index (κ3) is 17.3. The van der Waals surface area contributed by atoms with Gasteiger partial charge >= 0.3 is 6.18 Å². The van der Waals surface area contributed by atoms with E-state index in [1.165, 1.54) is 13.8 Å². The lowest BCUT2D eigenvalue weighted by Gasteiger charge is -2.09. The normalized spacial score (nSPS) is 11.8. The first-order valence-electron chi connectivity index (χ1n) is 5.09. The Bertz CT molecular complexity index is 231. The Morgan fingerprint density at radius 3 is 2.24 bits per heavy atom. The summed E-state index contributed by atoms with van der Waals surface area (Å²) in [5.74, 6) is -0.661. The number of hydrogen-bond acceptors (Lipinski definition) is 2. The Hall–Kier alpha value is -1.33. The van der Waals surface area contributed by atoms with E-state index in [0.717, 1.165) is 0 Å². The number of alkyl halides is 3. The Kier molecular flexibility index (Phi) is 10.5. The smallest absolute Gasteiger partial charge is 0.355 e. The van der Waals surface area contributed by atoms with Gasteiger partial charge in [-0.05, 0) is 13.3 Å².